The number of carbonyl (C=O) groups excluding carboxylic acids is 2. The van der Waals surface area contributed by atoms with E-state index in [1.807, 2.05) is 4.90 Å². The second kappa shape index (κ2) is 10.9. The maximum atomic E-state index is 13.3. The molecule has 4 rings (SSSR count). The minimum Gasteiger partial charge on any atom is -0.339 e. The first-order chi connectivity index (χ1) is 16.8. The van der Waals surface area contributed by atoms with Crippen LogP contribution in [0.25, 0.3) is 0 Å². The Kier molecular flexibility index (Phi) is 7.91. The van der Waals surface area contributed by atoms with Crippen molar-refractivity contribution in [2.24, 2.45) is 5.92 Å². The van der Waals surface area contributed by atoms with E-state index in [0.29, 0.717) is 35.8 Å². The van der Waals surface area contributed by atoms with Crippen LogP contribution in [0.15, 0.2) is 47.4 Å². The quantitative estimate of drug-likeness (QED) is 0.650. The van der Waals surface area contributed by atoms with Crippen molar-refractivity contribution in [1.82, 2.24) is 9.21 Å². The molecule has 2 heterocycles. The molecular weight excluding hydrogens is 462 g/mol. The molecule has 2 aliphatic heterocycles. The molecule has 0 bridgehead atoms. The van der Waals surface area contributed by atoms with Crippen molar-refractivity contribution in [2.45, 2.75) is 57.3 Å². The molecule has 0 unspecified atom stereocenters. The lowest BCUT2D eigenvalue weighted by Gasteiger charge is -2.29. The van der Waals surface area contributed by atoms with Crippen LogP contribution in [-0.2, 0) is 10.0 Å². The van der Waals surface area contributed by atoms with Crippen LogP contribution in [-0.4, -0.2) is 55.6 Å². The Labute approximate surface area is 208 Å². The van der Waals surface area contributed by atoms with Gasteiger partial charge in [0.25, 0.3) is 11.8 Å². The van der Waals surface area contributed by atoms with Gasteiger partial charge in [-0.1, -0.05) is 38.0 Å². The van der Waals surface area contributed by atoms with Gasteiger partial charge in [-0.05, 0) is 68.4 Å². The zero-order valence-electron chi connectivity index (χ0n) is 20.6. The van der Waals surface area contributed by atoms with Gasteiger partial charge in [0.05, 0.1) is 16.1 Å². The number of hydrogen-bond donors (Lipinski definition) is 1. The predicted octanol–water partition coefficient (Wildman–Crippen LogP) is 4.68. The molecular formula is C27H35N3O4S. The van der Waals surface area contributed by atoms with Crippen LogP contribution in [0, 0.1) is 12.8 Å². The van der Waals surface area contributed by atoms with E-state index in [1.54, 1.807) is 43.3 Å². The molecule has 2 aromatic rings. The van der Waals surface area contributed by atoms with Gasteiger partial charge in [0.1, 0.15) is 0 Å². The van der Waals surface area contributed by atoms with Gasteiger partial charge in [0, 0.05) is 31.7 Å². The van der Waals surface area contributed by atoms with E-state index >= 15 is 0 Å². The summed E-state index contributed by atoms with van der Waals surface area (Å²) in [5, 5.41) is 2.87. The Balaban J connectivity index is 1.57. The fourth-order valence-electron chi connectivity index (χ4n) is 4.79. The van der Waals surface area contributed by atoms with Crippen LogP contribution in [0.5, 0.6) is 0 Å². The zero-order chi connectivity index (χ0) is 25.0. The summed E-state index contributed by atoms with van der Waals surface area (Å²) in [7, 11) is -3.68. The van der Waals surface area contributed by atoms with Crippen molar-refractivity contribution in [3.63, 3.8) is 0 Å². The summed E-state index contributed by atoms with van der Waals surface area (Å²) in [5.41, 5.74) is 1.84. The SMILES string of the molecule is Cc1ccc(S(=O)(=O)N2CCC(C)CC2)cc1C(=O)Nc1ccccc1C(=O)N1CCCCCC1. The highest BCUT2D eigenvalue weighted by Gasteiger charge is 2.29. The summed E-state index contributed by atoms with van der Waals surface area (Å²) in [4.78, 5) is 28.5. The summed E-state index contributed by atoms with van der Waals surface area (Å²) >= 11 is 0. The number of likely N-dealkylation sites (tertiary alicyclic amines) is 1. The molecule has 2 fully saturated rings. The van der Waals surface area contributed by atoms with Gasteiger partial charge >= 0.3 is 0 Å². The lowest BCUT2D eigenvalue weighted by atomic mass is 10.0. The van der Waals surface area contributed by atoms with Crippen LogP contribution >= 0.6 is 0 Å². The summed E-state index contributed by atoms with van der Waals surface area (Å²) in [5.74, 6) is -0.00370. The highest BCUT2D eigenvalue weighted by molar-refractivity contribution is 7.89. The largest absolute Gasteiger partial charge is 0.339 e. The maximum absolute atomic E-state index is 13.3. The minimum atomic E-state index is -3.68. The molecule has 2 aromatic carbocycles. The third-order valence-electron chi connectivity index (χ3n) is 7.13. The molecule has 2 amide bonds. The van der Waals surface area contributed by atoms with Gasteiger partial charge in [-0.2, -0.15) is 4.31 Å². The number of benzene rings is 2. The molecule has 0 radical (unpaired) electrons. The van der Waals surface area contributed by atoms with E-state index in [-0.39, 0.29) is 16.4 Å². The number of amides is 2. The van der Waals surface area contributed by atoms with E-state index in [2.05, 4.69) is 12.2 Å². The van der Waals surface area contributed by atoms with E-state index in [4.69, 9.17) is 0 Å². The molecule has 2 aliphatic rings. The highest BCUT2D eigenvalue weighted by atomic mass is 32.2. The number of nitrogens with zero attached hydrogens (tertiary/aromatic N) is 2. The third-order valence-corrected chi connectivity index (χ3v) is 9.03. The van der Waals surface area contributed by atoms with Crippen molar-refractivity contribution in [2.75, 3.05) is 31.5 Å². The Morgan fingerprint density at radius 3 is 2.23 bits per heavy atom. The number of rotatable bonds is 5. The van der Waals surface area contributed by atoms with Crippen LogP contribution in [0.4, 0.5) is 5.69 Å². The molecule has 0 spiro atoms. The lowest BCUT2D eigenvalue weighted by molar-refractivity contribution is 0.0762. The van der Waals surface area contributed by atoms with Crippen LogP contribution in [0.2, 0.25) is 0 Å². The summed E-state index contributed by atoms with van der Waals surface area (Å²) in [6, 6.07) is 11.7. The Hall–Kier alpha value is -2.71. The molecule has 8 heteroatoms. The van der Waals surface area contributed by atoms with E-state index in [9.17, 15) is 18.0 Å². The molecule has 2 saturated heterocycles. The van der Waals surface area contributed by atoms with E-state index in [0.717, 1.165) is 51.6 Å². The smallest absolute Gasteiger partial charge is 0.255 e. The average molecular weight is 498 g/mol. The summed E-state index contributed by atoms with van der Waals surface area (Å²) in [6.07, 6.45) is 5.88. The molecule has 0 saturated carbocycles. The Bertz CT molecular complexity index is 1180. The summed E-state index contributed by atoms with van der Waals surface area (Å²) < 4.78 is 28.0. The fraction of sp³-hybridized carbons (Fsp3) is 0.481. The van der Waals surface area contributed by atoms with Gasteiger partial charge in [0.15, 0.2) is 0 Å². The zero-order valence-corrected chi connectivity index (χ0v) is 21.4. The van der Waals surface area contributed by atoms with Crippen molar-refractivity contribution in [1.29, 1.82) is 0 Å². The van der Waals surface area contributed by atoms with Crippen molar-refractivity contribution in [3.05, 3.63) is 59.2 Å². The molecule has 0 aliphatic carbocycles. The summed E-state index contributed by atoms with van der Waals surface area (Å²) in [6.45, 7) is 6.33. The predicted molar refractivity (Wildman–Crippen MR) is 137 cm³/mol. The maximum Gasteiger partial charge on any atom is 0.255 e. The van der Waals surface area contributed by atoms with Gasteiger partial charge < -0.3 is 10.2 Å². The first-order valence-electron chi connectivity index (χ1n) is 12.6. The number of piperidine rings is 1. The van der Waals surface area contributed by atoms with Crippen LogP contribution in [0.3, 0.4) is 0 Å². The monoisotopic (exact) mass is 497 g/mol. The first-order valence-corrected chi connectivity index (χ1v) is 14.0. The standard InChI is InChI=1S/C27H35N3O4S/c1-20-13-17-30(18-14-20)35(33,34)22-12-11-21(2)24(19-22)26(31)28-25-10-6-5-9-23(25)27(32)29-15-7-3-4-8-16-29/h5-6,9-12,19-20H,3-4,7-8,13-18H2,1-2H3,(H,28,31). The van der Waals surface area contributed by atoms with Crippen molar-refractivity contribution < 1.29 is 18.0 Å². The van der Waals surface area contributed by atoms with Gasteiger partial charge in [0.2, 0.25) is 10.0 Å². The topological polar surface area (TPSA) is 86.8 Å². The first kappa shape index (κ1) is 25.4. The number of anilines is 1. The number of aryl methyl sites for hydroxylation is 1. The van der Waals surface area contributed by atoms with E-state index in [1.165, 1.54) is 10.4 Å². The van der Waals surface area contributed by atoms with E-state index < -0.39 is 15.9 Å². The normalized spacial score (nSPS) is 18.2. The number of para-hydroxylation sites is 1. The molecule has 1 N–H and O–H groups in total. The molecule has 0 atom stereocenters. The van der Waals surface area contributed by atoms with Crippen LogP contribution in [0.1, 0.15) is 71.7 Å². The lowest BCUT2D eigenvalue weighted by Crippen LogP contribution is -2.38. The second-order valence-electron chi connectivity index (χ2n) is 9.77. The second-order valence-corrected chi connectivity index (χ2v) is 11.7. The van der Waals surface area contributed by atoms with Gasteiger partial charge in [-0.15, -0.1) is 0 Å². The van der Waals surface area contributed by atoms with Gasteiger partial charge in [-0.25, -0.2) is 8.42 Å². The molecule has 0 aromatic heterocycles. The Morgan fingerprint density at radius 2 is 1.54 bits per heavy atom. The fourth-order valence-corrected chi connectivity index (χ4v) is 6.29. The average Bonchev–Trinajstić information content (AvgIpc) is 3.14. The van der Waals surface area contributed by atoms with Gasteiger partial charge in [-0.3, -0.25) is 9.59 Å². The molecule has 35 heavy (non-hydrogen) atoms. The number of carbonyl (C=O) groups is 2. The molecule has 188 valence electrons. The van der Waals surface area contributed by atoms with Crippen molar-refractivity contribution in [3.8, 4) is 0 Å². The Morgan fingerprint density at radius 1 is 0.886 bits per heavy atom. The number of sulfonamides is 1. The van der Waals surface area contributed by atoms with Crippen LogP contribution < -0.4 is 5.32 Å². The number of hydrogen-bond acceptors (Lipinski definition) is 4. The van der Waals surface area contributed by atoms with Crippen molar-refractivity contribution >= 4 is 27.5 Å². The molecule has 7 nitrogen and oxygen atoms in total. The highest BCUT2D eigenvalue weighted by Crippen LogP contribution is 2.26. The number of nitrogens with one attached hydrogen (secondary N) is 1. The third kappa shape index (κ3) is 5.76. The minimum absolute atomic E-state index is 0.0878.